The molecule has 0 amide bonds. The number of carbonyl (C=O) groups excluding carboxylic acids is 1. The molecule has 1 rings (SSSR count). The van der Waals surface area contributed by atoms with Crippen LogP contribution in [-0.2, 0) is 4.74 Å². The zero-order valence-electron chi connectivity index (χ0n) is 10.3. The SMILES string of the molecule is CCCOC(=O)c1ccc(OCC(F)(F)F)c(N)c1. The molecule has 2 N–H and O–H groups in total. The van der Waals surface area contributed by atoms with E-state index in [4.69, 9.17) is 10.5 Å². The zero-order chi connectivity index (χ0) is 14.5. The molecule has 0 atom stereocenters. The summed E-state index contributed by atoms with van der Waals surface area (Å²) in [6.07, 6.45) is -3.76. The molecule has 0 radical (unpaired) electrons. The molecule has 0 aliphatic rings. The normalized spacial score (nSPS) is 11.2. The fourth-order valence-electron chi connectivity index (χ4n) is 1.24. The van der Waals surface area contributed by atoms with E-state index in [2.05, 4.69) is 4.74 Å². The van der Waals surface area contributed by atoms with E-state index >= 15 is 0 Å². The van der Waals surface area contributed by atoms with Crippen LogP contribution in [0.5, 0.6) is 5.75 Å². The lowest BCUT2D eigenvalue weighted by Gasteiger charge is -2.12. The van der Waals surface area contributed by atoms with Crippen molar-refractivity contribution in [2.24, 2.45) is 0 Å². The van der Waals surface area contributed by atoms with Crippen molar-refractivity contribution in [3.05, 3.63) is 23.8 Å². The molecule has 4 nitrogen and oxygen atoms in total. The summed E-state index contributed by atoms with van der Waals surface area (Å²) in [6.45, 7) is 0.678. The number of nitrogens with two attached hydrogens (primary N) is 1. The number of hydrogen-bond donors (Lipinski definition) is 1. The molecule has 0 saturated carbocycles. The van der Waals surface area contributed by atoms with Gasteiger partial charge in [0.2, 0.25) is 0 Å². The molecule has 1 aromatic carbocycles. The van der Waals surface area contributed by atoms with E-state index in [0.717, 1.165) is 0 Å². The molecule has 0 heterocycles. The monoisotopic (exact) mass is 277 g/mol. The maximum absolute atomic E-state index is 12.0. The molecule has 0 fully saturated rings. The van der Waals surface area contributed by atoms with E-state index in [1.807, 2.05) is 6.92 Å². The predicted octanol–water partition coefficient (Wildman–Crippen LogP) is 2.78. The van der Waals surface area contributed by atoms with E-state index in [0.29, 0.717) is 6.42 Å². The second-order valence-corrected chi connectivity index (χ2v) is 3.79. The van der Waals surface area contributed by atoms with Crippen molar-refractivity contribution in [1.29, 1.82) is 0 Å². The van der Waals surface area contributed by atoms with E-state index in [1.165, 1.54) is 18.2 Å². The van der Waals surface area contributed by atoms with Gasteiger partial charge in [0.25, 0.3) is 0 Å². The van der Waals surface area contributed by atoms with Crippen molar-refractivity contribution in [2.75, 3.05) is 18.9 Å². The van der Waals surface area contributed by atoms with Crippen LogP contribution in [0.2, 0.25) is 0 Å². The highest BCUT2D eigenvalue weighted by Gasteiger charge is 2.28. The van der Waals surface area contributed by atoms with E-state index in [9.17, 15) is 18.0 Å². The minimum absolute atomic E-state index is 0.0461. The first-order chi connectivity index (χ1) is 8.83. The van der Waals surface area contributed by atoms with E-state index in [1.54, 1.807) is 0 Å². The molecule has 7 heteroatoms. The van der Waals surface area contributed by atoms with Crippen LogP contribution in [0.1, 0.15) is 23.7 Å². The average molecular weight is 277 g/mol. The summed E-state index contributed by atoms with van der Waals surface area (Å²) in [5.74, 6) is -0.694. The number of ether oxygens (including phenoxy) is 2. The van der Waals surface area contributed by atoms with Crippen LogP contribution in [0.25, 0.3) is 0 Å². The average Bonchev–Trinajstić information content (AvgIpc) is 2.33. The standard InChI is InChI=1S/C12H14F3NO3/c1-2-5-18-11(17)8-3-4-10(9(16)6-8)19-7-12(13,14)15/h3-4,6H,2,5,7,16H2,1H3. The maximum atomic E-state index is 12.0. The summed E-state index contributed by atoms with van der Waals surface area (Å²) in [6, 6.07) is 3.74. The fraction of sp³-hybridized carbons (Fsp3) is 0.417. The van der Waals surface area contributed by atoms with Gasteiger partial charge in [0.1, 0.15) is 5.75 Å². The number of halogens is 3. The van der Waals surface area contributed by atoms with Crippen molar-refractivity contribution < 1.29 is 27.4 Å². The Bertz CT molecular complexity index is 446. The molecular weight excluding hydrogens is 263 g/mol. The Balaban J connectivity index is 2.71. The molecule has 0 aliphatic carbocycles. The van der Waals surface area contributed by atoms with Crippen LogP contribution < -0.4 is 10.5 Å². The van der Waals surface area contributed by atoms with Gasteiger partial charge in [0.15, 0.2) is 6.61 Å². The lowest BCUT2D eigenvalue weighted by Crippen LogP contribution is -2.19. The van der Waals surface area contributed by atoms with Gasteiger partial charge in [-0.05, 0) is 24.6 Å². The third kappa shape index (κ3) is 5.07. The van der Waals surface area contributed by atoms with Crippen LogP contribution in [-0.4, -0.2) is 25.4 Å². The van der Waals surface area contributed by atoms with Crippen molar-refractivity contribution in [3.63, 3.8) is 0 Å². The summed E-state index contributed by atoms with van der Waals surface area (Å²) < 4.78 is 45.3. The van der Waals surface area contributed by atoms with Gasteiger partial charge < -0.3 is 15.2 Å². The highest BCUT2D eigenvalue weighted by atomic mass is 19.4. The van der Waals surface area contributed by atoms with Crippen LogP contribution in [0.15, 0.2) is 18.2 Å². The van der Waals surface area contributed by atoms with Crippen LogP contribution in [0.3, 0.4) is 0 Å². The Morgan fingerprint density at radius 1 is 1.37 bits per heavy atom. The van der Waals surface area contributed by atoms with E-state index in [-0.39, 0.29) is 23.6 Å². The molecule has 19 heavy (non-hydrogen) atoms. The number of hydrogen-bond acceptors (Lipinski definition) is 4. The number of carbonyl (C=O) groups is 1. The number of esters is 1. The fourth-order valence-corrected chi connectivity index (χ4v) is 1.24. The van der Waals surface area contributed by atoms with Crippen molar-refractivity contribution in [1.82, 2.24) is 0 Å². The first kappa shape index (κ1) is 15.1. The summed E-state index contributed by atoms with van der Waals surface area (Å²) in [7, 11) is 0. The lowest BCUT2D eigenvalue weighted by molar-refractivity contribution is -0.153. The van der Waals surface area contributed by atoms with Crippen LogP contribution in [0.4, 0.5) is 18.9 Å². The van der Waals surface area contributed by atoms with Gasteiger partial charge in [0.05, 0.1) is 17.9 Å². The first-order valence-electron chi connectivity index (χ1n) is 5.59. The maximum Gasteiger partial charge on any atom is 0.422 e. The minimum atomic E-state index is -4.44. The number of benzene rings is 1. The number of nitrogen functional groups attached to an aromatic ring is 1. The Labute approximate surface area is 108 Å². The Morgan fingerprint density at radius 3 is 2.58 bits per heavy atom. The molecule has 0 spiro atoms. The molecular formula is C12H14F3NO3. The van der Waals surface area contributed by atoms with Gasteiger partial charge in [0, 0.05) is 0 Å². The number of alkyl halides is 3. The Kier molecular flexibility index (Phi) is 5.02. The Hall–Kier alpha value is -1.92. The zero-order valence-corrected chi connectivity index (χ0v) is 10.3. The minimum Gasteiger partial charge on any atom is -0.482 e. The summed E-state index contributed by atoms with van der Waals surface area (Å²) in [5.41, 5.74) is 5.64. The second-order valence-electron chi connectivity index (χ2n) is 3.79. The highest BCUT2D eigenvalue weighted by molar-refractivity contribution is 5.91. The van der Waals surface area contributed by atoms with Crippen molar-refractivity contribution >= 4 is 11.7 Å². The molecule has 1 aromatic rings. The summed E-state index contributed by atoms with van der Waals surface area (Å²) in [4.78, 5) is 11.5. The Morgan fingerprint density at radius 2 is 2.05 bits per heavy atom. The third-order valence-electron chi connectivity index (χ3n) is 2.07. The van der Waals surface area contributed by atoms with Crippen molar-refractivity contribution in [2.45, 2.75) is 19.5 Å². The van der Waals surface area contributed by atoms with Crippen molar-refractivity contribution in [3.8, 4) is 5.75 Å². The largest absolute Gasteiger partial charge is 0.482 e. The van der Waals surface area contributed by atoms with Gasteiger partial charge in [-0.25, -0.2) is 4.79 Å². The highest BCUT2D eigenvalue weighted by Crippen LogP contribution is 2.25. The molecule has 0 unspecified atom stereocenters. The van der Waals surface area contributed by atoms with Gasteiger partial charge in [-0.2, -0.15) is 13.2 Å². The molecule has 0 aliphatic heterocycles. The molecule has 106 valence electrons. The summed E-state index contributed by atoms with van der Waals surface area (Å²) in [5, 5.41) is 0. The van der Waals surface area contributed by atoms with Gasteiger partial charge in [-0.15, -0.1) is 0 Å². The lowest BCUT2D eigenvalue weighted by atomic mass is 10.2. The number of rotatable bonds is 5. The molecule has 0 bridgehead atoms. The van der Waals surface area contributed by atoms with Crippen LogP contribution in [0, 0.1) is 0 Å². The van der Waals surface area contributed by atoms with Crippen LogP contribution >= 0.6 is 0 Å². The predicted molar refractivity (Wildman–Crippen MR) is 63.0 cm³/mol. The van der Waals surface area contributed by atoms with Gasteiger partial charge >= 0.3 is 12.1 Å². The molecule has 0 aromatic heterocycles. The first-order valence-corrected chi connectivity index (χ1v) is 5.59. The summed E-state index contributed by atoms with van der Waals surface area (Å²) >= 11 is 0. The number of anilines is 1. The smallest absolute Gasteiger partial charge is 0.422 e. The van der Waals surface area contributed by atoms with Gasteiger partial charge in [-0.1, -0.05) is 6.92 Å². The third-order valence-corrected chi connectivity index (χ3v) is 2.07. The molecule has 0 saturated heterocycles. The van der Waals surface area contributed by atoms with Gasteiger partial charge in [-0.3, -0.25) is 0 Å². The quantitative estimate of drug-likeness (QED) is 0.664. The van der Waals surface area contributed by atoms with E-state index < -0.39 is 18.8 Å². The topological polar surface area (TPSA) is 61.5 Å². The second kappa shape index (κ2) is 6.31.